The molecular formula is C18H22N2O2. The Hall–Kier alpha value is -2.10. The van der Waals surface area contributed by atoms with Gasteiger partial charge >= 0.3 is 0 Å². The monoisotopic (exact) mass is 298 g/mol. The normalized spacial score (nSPS) is 14.8. The van der Waals surface area contributed by atoms with Gasteiger partial charge in [-0.15, -0.1) is 0 Å². The van der Waals surface area contributed by atoms with Crippen molar-refractivity contribution < 1.29 is 9.32 Å². The minimum atomic E-state index is 0.0557. The van der Waals surface area contributed by atoms with Crippen molar-refractivity contribution in [3.05, 3.63) is 52.4 Å². The van der Waals surface area contributed by atoms with Crippen molar-refractivity contribution in [3.8, 4) is 0 Å². The summed E-state index contributed by atoms with van der Waals surface area (Å²) in [5.74, 6) is 0.878. The van der Waals surface area contributed by atoms with E-state index in [1.807, 2.05) is 36.1 Å². The number of aryl methyl sites for hydroxylation is 1. The quantitative estimate of drug-likeness (QED) is 0.809. The fraction of sp³-hybridized carbons (Fsp3) is 0.444. The molecule has 4 heteroatoms. The number of aromatic nitrogens is 1. The largest absolute Gasteiger partial charge is 0.359 e. The first-order valence-corrected chi connectivity index (χ1v) is 7.70. The molecule has 2 aromatic rings. The van der Waals surface area contributed by atoms with Crippen molar-refractivity contribution in [1.82, 2.24) is 10.1 Å². The summed E-state index contributed by atoms with van der Waals surface area (Å²) in [6.07, 6.45) is 0.816. The zero-order valence-electron chi connectivity index (χ0n) is 13.6. The van der Waals surface area contributed by atoms with Crippen LogP contribution in [0.1, 0.15) is 53.7 Å². The number of carbonyl (C=O) groups is 1. The maximum Gasteiger partial charge on any atom is 0.254 e. The van der Waals surface area contributed by atoms with E-state index in [4.69, 9.17) is 4.52 Å². The van der Waals surface area contributed by atoms with Crippen molar-refractivity contribution in [2.75, 3.05) is 6.54 Å². The Kier molecular flexibility index (Phi) is 3.55. The van der Waals surface area contributed by atoms with Gasteiger partial charge < -0.3 is 9.42 Å². The van der Waals surface area contributed by atoms with E-state index in [2.05, 4.69) is 25.9 Å². The minimum absolute atomic E-state index is 0.0557. The zero-order valence-corrected chi connectivity index (χ0v) is 13.6. The van der Waals surface area contributed by atoms with Crippen molar-refractivity contribution in [3.63, 3.8) is 0 Å². The van der Waals surface area contributed by atoms with Gasteiger partial charge in [-0.1, -0.05) is 38.1 Å². The molecule has 0 atom stereocenters. The number of rotatable bonds is 1. The molecule has 3 rings (SSSR count). The molecule has 22 heavy (non-hydrogen) atoms. The van der Waals surface area contributed by atoms with E-state index >= 15 is 0 Å². The lowest BCUT2D eigenvalue weighted by Gasteiger charge is -2.26. The maximum absolute atomic E-state index is 12.6. The maximum atomic E-state index is 12.6. The highest BCUT2D eigenvalue weighted by atomic mass is 16.5. The molecule has 0 spiro atoms. The molecule has 0 fully saturated rings. The summed E-state index contributed by atoms with van der Waals surface area (Å²) in [5.41, 5.74) is 4.16. The molecular weight excluding hydrogens is 276 g/mol. The molecule has 1 aliphatic rings. The summed E-state index contributed by atoms with van der Waals surface area (Å²) in [6, 6.07) is 7.93. The lowest BCUT2D eigenvalue weighted by atomic mass is 9.86. The van der Waals surface area contributed by atoms with Crippen LogP contribution >= 0.6 is 0 Å². The molecule has 0 unspecified atom stereocenters. The smallest absolute Gasteiger partial charge is 0.254 e. The molecule has 0 aliphatic carbocycles. The van der Waals surface area contributed by atoms with Crippen molar-refractivity contribution in [2.24, 2.45) is 0 Å². The number of amides is 1. The Labute approximate surface area is 131 Å². The average molecular weight is 298 g/mol. The fourth-order valence-corrected chi connectivity index (χ4v) is 2.85. The molecule has 1 aromatic carbocycles. The molecule has 0 N–H and O–H groups in total. The second-order valence-corrected chi connectivity index (χ2v) is 6.97. The van der Waals surface area contributed by atoms with Crippen LogP contribution in [0, 0.1) is 6.92 Å². The van der Waals surface area contributed by atoms with E-state index in [1.54, 1.807) is 0 Å². The molecule has 116 valence electrons. The van der Waals surface area contributed by atoms with Crippen LogP contribution < -0.4 is 0 Å². The van der Waals surface area contributed by atoms with Crippen LogP contribution in [0.4, 0.5) is 0 Å². The highest BCUT2D eigenvalue weighted by Gasteiger charge is 2.26. The molecule has 1 amide bonds. The number of benzene rings is 1. The topological polar surface area (TPSA) is 46.3 Å². The summed E-state index contributed by atoms with van der Waals surface area (Å²) >= 11 is 0. The first-order chi connectivity index (χ1) is 10.4. The lowest BCUT2D eigenvalue weighted by Crippen LogP contribution is -2.35. The number of hydrogen-bond donors (Lipinski definition) is 0. The summed E-state index contributed by atoms with van der Waals surface area (Å²) in [7, 11) is 0. The highest BCUT2D eigenvalue weighted by molar-refractivity contribution is 5.94. The van der Waals surface area contributed by atoms with Gasteiger partial charge in [-0.05, 0) is 36.5 Å². The lowest BCUT2D eigenvalue weighted by molar-refractivity contribution is 0.0716. The van der Waals surface area contributed by atoms with Crippen molar-refractivity contribution in [2.45, 2.75) is 46.1 Å². The molecule has 0 saturated heterocycles. The summed E-state index contributed by atoms with van der Waals surface area (Å²) in [5, 5.41) is 3.99. The number of fused-ring (bicyclic) bond motifs is 1. The second kappa shape index (κ2) is 5.27. The highest BCUT2D eigenvalue weighted by Crippen LogP contribution is 2.25. The van der Waals surface area contributed by atoms with Gasteiger partial charge in [-0.3, -0.25) is 4.79 Å². The SMILES string of the molecule is Cc1noc2c1CCN(C(=O)c1ccc(C(C)(C)C)cc1)C2. The standard InChI is InChI=1S/C18H22N2O2/c1-12-15-9-10-20(11-16(15)22-19-12)17(21)13-5-7-14(8-6-13)18(2,3)4/h5-8H,9-11H2,1-4H3. The van der Waals surface area contributed by atoms with Gasteiger partial charge in [0.05, 0.1) is 12.2 Å². The van der Waals surface area contributed by atoms with E-state index in [1.165, 1.54) is 5.56 Å². The average Bonchev–Trinajstić information content (AvgIpc) is 2.87. The summed E-state index contributed by atoms with van der Waals surface area (Å²) < 4.78 is 5.32. The van der Waals surface area contributed by atoms with Gasteiger partial charge in [-0.25, -0.2) is 0 Å². The van der Waals surface area contributed by atoms with Gasteiger partial charge in [0.2, 0.25) is 0 Å². The Morgan fingerprint density at radius 1 is 1.23 bits per heavy atom. The van der Waals surface area contributed by atoms with E-state index in [9.17, 15) is 4.79 Å². The van der Waals surface area contributed by atoms with Gasteiger partial charge in [-0.2, -0.15) is 0 Å². The van der Waals surface area contributed by atoms with Crippen LogP contribution in [0.25, 0.3) is 0 Å². The van der Waals surface area contributed by atoms with Crippen LogP contribution in [0.2, 0.25) is 0 Å². The fourth-order valence-electron chi connectivity index (χ4n) is 2.85. The van der Waals surface area contributed by atoms with Crippen molar-refractivity contribution in [1.29, 1.82) is 0 Å². The van der Waals surface area contributed by atoms with Gasteiger partial charge in [0, 0.05) is 17.7 Å². The van der Waals surface area contributed by atoms with E-state index in [-0.39, 0.29) is 11.3 Å². The Bertz CT molecular complexity index is 693. The third-order valence-electron chi connectivity index (χ3n) is 4.32. The van der Waals surface area contributed by atoms with E-state index < -0.39 is 0 Å². The molecule has 1 aromatic heterocycles. The van der Waals surface area contributed by atoms with E-state index in [0.717, 1.165) is 35.5 Å². The molecule has 4 nitrogen and oxygen atoms in total. The Morgan fingerprint density at radius 2 is 1.91 bits per heavy atom. The second-order valence-electron chi connectivity index (χ2n) is 6.97. The molecule has 0 bridgehead atoms. The number of nitrogens with zero attached hydrogens (tertiary/aromatic N) is 2. The molecule has 2 heterocycles. The van der Waals surface area contributed by atoms with Crippen LogP contribution in [0.5, 0.6) is 0 Å². The number of carbonyl (C=O) groups excluding carboxylic acids is 1. The Morgan fingerprint density at radius 3 is 2.55 bits per heavy atom. The number of hydrogen-bond acceptors (Lipinski definition) is 3. The molecule has 0 radical (unpaired) electrons. The van der Waals surface area contributed by atoms with Crippen LogP contribution in [-0.2, 0) is 18.4 Å². The van der Waals surface area contributed by atoms with Crippen LogP contribution in [0.3, 0.4) is 0 Å². The van der Waals surface area contributed by atoms with Crippen LogP contribution in [-0.4, -0.2) is 22.5 Å². The summed E-state index contributed by atoms with van der Waals surface area (Å²) in [6.45, 7) is 9.68. The summed E-state index contributed by atoms with van der Waals surface area (Å²) in [4.78, 5) is 14.5. The predicted octanol–water partition coefficient (Wildman–Crippen LogP) is 3.48. The molecule has 1 aliphatic heterocycles. The minimum Gasteiger partial charge on any atom is -0.359 e. The Balaban J connectivity index is 1.78. The van der Waals surface area contributed by atoms with Gasteiger partial charge in [0.25, 0.3) is 5.91 Å². The predicted molar refractivity (Wildman–Crippen MR) is 84.8 cm³/mol. The van der Waals surface area contributed by atoms with Gasteiger partial charge in [0.15, 0.2) is 5.76 Å². The van der Waals surface area contributed by atoms with Gasteiger partial charge in [0.1, 0.15) is 0 Å². The first-order valence-electron chi connectivity index (χ1n) is 7.70. The first kappa shape index (κ1) is 14.8. The molecule has 0 saturated carbocycles. The van der Waals surface area contributed by atoms with E-state index in [0.29, 0.717) is 6.54 Å². The third-order valence-corrected chi connectivity index (χ3v) is 4.32. The third kappa shape index (κ3) is 2.65. The van der Waals surface area contributed by atoms with Crippen molar-refractivity contribution >= 4 is 5.91 Å². The zero-order chi connectivity index (χ0) is 15.9. The van der Waals surface area contributed by atoms with Crippen LogP contribution in [0.15, 0.2) is 28.8 Å².